The molecule has 2 rings (SSSR count). The second-order valence-electron chi connectivity index (χ2n) is 4.15. The van der Waals surface area contributed by atoms with Crippen LogP contribution in [0.1, 0.15) is 6.42 Å². The molecule has 1 aromatic rings. The summed E-state index contributed by atoms with van der Waals surface area (Å²) in [7, 11) is 0. The van der Waals surface area contributed by atoms with Crippen LogP contribution in [0.15, 0.2) is 23.3 Å². The highest BCUT2D eigenvalue weighted by atomic mass is 16.6. The SMILES string of the molecule is O=C(Cn1ccc(=O)c([N+](=O)[O-])c1)C1CCOC1. The van der Waals surface area contributed by atoms with E-state index in [0.29, 0.717) is 19.6 Å². The van der Waals surface area contributed by atoms with Gasteiger partial charge in [-0.2, -0.15) is 0 Å². The Balaban J connectivity index is 2.14. The lowest BCUT2D eigenvalue weighted by Gasteiger charge is -2.08. The highest BCUT2D eigenvalue weighted by Crippen LogP contribution is 2.14. The molecule has 1 saturated heterocycles. The van der Waals surface area contributed by atoms with Gasteiger partial charge in [0.1, 0.15) is 0 Å². The van der Waals surface area contributed by atoms with Gasteiger partial charge in [0.25, 0.3) is 5.43 Å². The molecule has 0 aromatic carbocycles. The molecule has 2 heterocycles. The summed E-state index contributed by atoms with van der Waals surface area (Å²) in [6, 6.07) is 1.09. The highest BCUT2D eigenvalue weighted by Gasteiger charge is 2.23. The Morgan fingerprint density at radius 3 is 3.00 bits per heavy atom. The number of Topliss-reactive ketones (excluding diaryl/α,β-unsaturated/α-hetero) is 1. The summed E-state index contributed by atoms with van der Waals surface area (Å²) in [5.41, 5.74) is -1.18. The molecule has 7 heteroatoms. The number of hydrogen-bond donors (Lipinski definition) is 0. The quantitative estimate of drug-likeness (QED) is 0.570. The van der Waals surface area contributed by atoms with E-state index >= 15 is 0 Å². The second-order valence-corrected chi connectivity index (χ2v) is 4.15. The average Bonchev–Trinajstić information content (AvgIpc) is 2.85. The zero-order chi connectivity index (χ0) is 13.1. The molecule has 0 N–H and O–H groups in total. The van der Waals surface area contributed by atoms with Gasteiger partial charge in [-0.1, -0.05) is 0 Å². The van der Waals surface area contributed by atoms with Crippen LogP contribution in [0.3, 0.4) is 0 Å². The van der Waals surface area contributed by atoms with Crippen molar-refractivity contribution in [1.29, 1.82) is 0 Å². The summed E-state index contributed by atoms with van der Waals surface area (Å²) < 4.78 is 6.47. The number of hydrogen-bond acceptors (Lipinski definition) is 5. The van der Waals surface area contributed by atoms with E-state index in [1.165, 1.54) is 10.8 Å². The molecule has 0 bridgehead atoms. The van der Waals surface area contributed by atoms with Crippen molar-refractivity contribution in [3.8, 4) is 0 Å². The van der Waals surface area contributed by atoms with E-state index in [1.54, 1.807) is 0 Å². The molecule has 1 atom stereocenters. The van der Waals surface area contributed by atoms with Crippen molar-refractivity contribution >= 4 is 11.5 Å². The van der Waals surface area contributed by atoms with E-state index < -0.39 is 16.0 Å². The second kappa shape index (κ2) is 5.09. The first-order valence-electron chi connectivity index (χ1n) is 5.53. The van der Waals surface area contributed by atoms with Gasteiger partial charge in [0, 0.05) is 24.8 Å². The Labute approximate surface area is 102 Å². The third kappa shape index (κ3) is 2.62. The van der Waals surface area contributed by atoms with Crippen LogP contribution < -0.4 is 5.43 Å². The fourth-order valence-electron chi connectivity index (χ4n) is 1.85. The molecule has 18 heavy (non-hydrogen) atoms. The van der Waals surface area contributed by atoms with Gasteiger partial charge in [-0.25, -0.2) is 0 Å². The van der Waals surface area contributed by atoms with Crippen molar-refractivity contribution < 1.29 is 14.5 Å². The van der Waals surface area contributed by atoms with E-state index in [9.17, 15) is 19.7 Å². The van der Waals surface area contributed by atoms with Crippen molar-refractivity contribution in [1.82, 2.24) is 4.57 Å². The van der Waals surface area contributed by atoms with Gasteiger partial charge >= 0.3 is 5.69 Å². The summed E-state index contributed by atoms with van der Waals surface area (Å²) in [5, 5.41) is 10.6. The number of ether oxygens (including phenoxy) is 1. The first kappa shape index (κ1) is 12.4. The molecule has 1 aliphatic rings. The average molecular weight is 252 g/mol. The molecule has 0 spiro atoms. The van der Waals surface area contributed by atoms with Crippen LogP contribution in [-0.4, -0.2) is 28.5 Å². The number of pyridine rings is 1. The van der Waals surface area contributed by atoms with Crippen molar-refractivity contribution in [2.24, 2.45) is 5.92 Å². The summed E-state index contributed by atoms with van der Waals surface area (Å²) in [6.07, 6.45) is 3.15. The monoisotopic (exact) mass is 252 g/mol. The third-order valence-corrected chi connectivity index (χ3v) is 2.88. The standard InChI is InChI=1S/C11H12N2O5/c14-10-1-3-12(5-9(10)13(16)17)6-11(15)8-2-4-18-7-8/h1,3,5,8H,2,4,6-7H2. The molecule has 1 aromatic heterocycles. The zero-order valence-corrected chi connectivity index (χ0v) is 9.57. The maximum Gasteiger partial charge on any atom is 0.332 e. The number of carbonyl (C=O) groups excluding carboxylic acids is 1. The fraction of sp³-hybridized carbons (Fsp3) is 0.455. The van der Waals surface area contributed by atoms with Crippen LogP contribution in [0.5, 0.6) is 0 Å². The van der Waals surface area contributed by atoms with Gasteiger partial charge in [0.2, 0.25) is 0 Å². The largest absolute Gasteiger partial charge is 0.381 e. The lowest BCUT2D eigenvalue weighted by molar-refractivity contribution is -0.386. The summed E-state index contributed by atoms with van der Waals surface area (Å²) in [4.78, 5) is 32.9. The van der Waals surface area contributed by atoms with Crippen LogP contribution in [0, 0.1) is 16.0 Å². The fourth-order valence-corrected chi connectivity index (χ4v) is 1.85. The molecule has 96 valence electrons. The first-order valence-corrected chi connectivity index (χ1v) is 5.53. The maximum absolute atomic E-state index is 11.8. The van der Waals surface area contributed by atoms with Gasteiger partial charge in [-0.05, 0) is 6.42 Å². The Kier molecular flexibility index (Phi) is 3.52. The van der Waals surface area contributed by atoms with Crippen LogP contribution in [-0.2, 0) is 16.1 Å². The Bertz CT molecular complexity index is 530. The van der Waals surface area contributed by atoms with Crippen LogP contribution in [0.4, 0.5) is 5.69 Å². The Morgan fingerprint density at radius 2 is 2.39 bits per heavy atom. The first-order chi connectivity index (χ1) is 8.58. The van der Waals surface area contributed by atoms with Crippen molar-refractivity contribution in [2.45, 2.75) is 13.0 Å². The predicted molar refractivity (Wildman–Crippen MR) is 61.3 cm³/mol. The van der Waals surface area contributed by atoms with Gasteiger partial charge in [-0.15, -0.1) is 0 Å². The van der Waals surface area contributed by atoms with Crippen LogP contribution in [0.25, 0.3) is 0 Å². The number of aromatic nitrogens is 1. The van der Waals surface area contributed by atoms with Gasteiger partial charge in [-0.3, -0.25) is 19.7 Å². The maximum atomic E-state index is 11.8. The number of rotatable bonds is 4. The van der Waals surface area contributed by atoms with Crippen molar-refractivity contribution in [3.63, 3.8) is 0 Å². The molecular formula is C11H12N2O5. The molecule has 1 unspecified atom stereocenters. The van der Waals surface area contributed by atoms with E-state index in [2.05, 4.69) is 0 Å². The molecular weight excluding hydrogens is 240 g/mol. The third-order valence-electron chi connectivity index (χ3n) is 2.88. The number of carbonyl (C=O) groups is 1. The van der Waals surface area contributed by atoms with E-state index in [4.69, 9.17) is 4.74 Å². The number of ketones is 1. The van der Waals surface area contributed by atoms with Gasteiger partial charge < -0.3 is 9.30 Å². The van der Waals surface area contributed by atoms with E-state index in [1.807, 2.05) is 0 Å². The van der Waals surface area contributed by atoms with Crippen molar-refractivity contribution in [2.75, 3.05) is 13.2 Å². The summed E-state index contributed by atoms with van der Waals surface area (Å²) in [5.74, 6) is -0.186. The lowest BCUT2D eigenvalue weighted by Crippen LogP contribution is -2.21. The van der Waals surface area contributed by atoms with Crippen molar-refractivity contribution in [3.05, 3.63) is 38.8 Å². The smallest absolute Gasteiger partial charge is 0.332 e. The number of nitrogens with zero attached hydrogens (tertiary/aromatic N) is 2. The molecule has 1 fully saturated rings. The van der Waals surface area contributed by atoms with Gasteiger partial charge in [0.05, 0.1) is 24.3 Å². The molecule has 7 nitrogen and oxygen atoms in total. The zero-order valence-electron chi connectivity index (χ0n) is 9.57. The summed E-state index contributed by atoms with van der Waals surface area (Å²) in [6.45, 7) is 0.997. The molecule has 0 radical (unpaired) electrons. The minimum absolute atomic E-state index is 0.0230. The minimum atomic E-state index is -0.748. The Morgan fingerprint density at radius 1 is 1.61 bits per heavy atom. The van der Waals surface area contributed by atoms with Crippen LogP contribution in [0.2, 0.25) is 0 Å². The number of nitro groups is 1. The molecule has 0 saturated carbocycles. The summed E-state index contributed by atoms with van der Waals surface area (Å²) >= 11 is 0. The van der Waals surface area contributed by atoms with E-state index in [-0.39, 0.29) is 18.2 Å². The van der Waals surface area contributed by atoms with Crippen LogP contribution >= 0.6 is 0 Å². The topological polar surface area (TPSA) is 91.4 Å². The highest BCUT2D eigenvalue weighted by molar-refractivity contribution is 5.81. The normalized spacial score (nSPS) is 18.8. The molecule has 0 aliphatic carbocycles. The molecule has 0 amide bonds. The van der Waals surface area contributed by atoms with Gasteiger partial charge in [0.15, 0.2) is 5.78 Å². The van der Waals surface area contributed by atoms with E-state index in [0.717, 1.165) is 12.3 Å². The lowest BCUT2D eigenvalue weighted by atomic mass is 10.0. The Hall–Kier alpha value is -2.02. The predicted octanol–water partition coefficient (Wildman–Crippen LogP) is 0.362. The molecule has 1 aliphatic heterocycles. The minimum Gasteiger partial charge on any atom is -0.381 e.